The number of benzene rings is 1. The van der Waals surface area contributed by atoms with Crippen LogP contribution < -0.4 is 10.1 Å². The molecule has 0 spiro atoms. The van der Waals surface area contributed by atoms with Gasteiger partial charge in [-0.25, -0.2) is 4.98 Å². The first-order valence-electron chi connectivity index (χ1n) is 6.97. The van der Waals surface area contributed by atoms with Gasteiger partial charge in [0, 0.05) is 18.3 Å². The number of aryl methyl sites for hydroxylation is 1. The van der Waals surface area contributed by atoms with E-state index < -0.39 is 18.7 Å². The minimum Gasteiger partial charge on any atom is -0.507 e. The van der Waals surface area contributed by atoms with Crippen LogP contribution in [0.3, 0.4) is 0 Å². The third-order valence-electron chi connectivity index (χ3n) is 3.06. The second kappa shape index (κ2) is 7.20. The smallest absolute Gasteiger partial charge is 0.422 e. The van der Waals surface area contributed by atoms with E-state index in [-0.39, 0.29) is 23.7 Å². The second-order valence-electron chi connectivity index (χ2n) is 5.07. The van der Waals surface area contributed by atoms with Crippen LogP contribution in [0.25, 0.3) is 0 Å². The predicted molar refractivity (Wildman–Crippen MR) is 79.8 cm³/mol. The highest BCUT2D eigenvalue weighted by Crippen LogP contribution is 2.21. The number of hydrogen-bond acceptors (Lipinski definition) is 4. The number of phenols is 1. The first-order chi connectivity index (χ1) is 11.3. The summed E-state index contributed by atoms with van der Waals surface area (Å²) in [6, 6.07) is 7.58. The number of alkyl halides is 3. The number of hydrogen-bond donors (Lipinski definition) is 2. The minimum atomic E-state index is -4.48. The van der Waals surface area contributed by atoms with Crippen LogP contribution in [0.15, 0.2) is 36.5 Å². The van der Waals surface area contributed by atoms with Gasteiger partial charge in [0.1, 0.15) is 5.75 Å². The molecule has 24 heavy (non-hydrogen) atoms. The quantitative estimate of drug-likeness (QED) is 0.878. The molecule has 0 bridgehead atoms. The van der Waals surface area contributed by atoms with Crippen LogP contribution in [0.1, 0.15) is 21.5 Å². The lowest BCUT2D eigenvalue weighted by Gasteiger charge is -2.13. The number of pyridine rings is 1. The number of carbonyl (C=O) groups excluding carboxylic acids is 1. The summed E-state index contributed by atoms with van der Waals surface area (Å²) in [6.45, 7) is 0.207. The van der Waals surface area contributed by atoms with Gasteiger partial charge in [0.05, 0.1) is 5.56 Å². The van der Waals surface area contributed by atoms with E-state index >= 15 is 0 Å². The van der Waals surface area contributed by atoms with Crippen molar-refractivity contribution in [2.75, 3.05) is 6.61 Å². The molecule has 128 valence electrons. The summed E-state index contributed by atoms with van der Waals surface area (Å²) in [4.78, 5) is 15.8. The normalized spacial score (nSPS) is 11.2. The number of nitrogens with one attached hydrogen (secondary N) is 1. The molecule has 0 atom stereocenters. The van der Waals surface area contributed by atoms with Gasteiger partial charge in [-0.1, -0.05) is 12.1 Å². The number of nitrogens with zero attached hydrogens (tertiary/aromatic N) is 1. The Kier molecular flexibility index (Phi) is 5.28. The molecule has 0 fully saturated rings. The van der Waals surface area contributed by atoms with Crippen molar-refractivity contribution < 1.29 is 27.8 Å². The molecule has 0 saturated carbocycles. The highest BCUT2D eigenvalue weighted by atomic mass is 19.4. The van der Waals surface area contributed by atoms with Crippen molar-refractivity contribution >= 4 is 5.91 Å². The second-order valence-corrected chi connectivity index (χ2v) is 5.07. The Hall–Kier alpha value is -2.77. The lowest BCUT2D eigenvalue weighted by atomic mass is 10.1. The zero-order valence-electron chi connectivity index (χ0n) is 12.7. The van der Waals surface area contributed by atoms with Gasteiger partial charge in [-0.2, -0.15) is 13.2 Å². The fourth-order valence-corrected chi connectivity index (χ4v) is 1.94. The summed E-state index contributed by atoms with van der Waals surface area (Å²) in [7, 11) is 0. The SMILES string of the molecule is Cc1ccc(C(=O)NCc2cccnc2OCC(F)(F)F)c(O)c1. The Morgan fingerprint density at radius 3 is 2.75 bits per heavy atom. The number of ether oxygens (including phenoxy) is 1. The number of aromatic nitrogens is 1. The van der Waals surface area contributed by atoms with Gasteiger partial charge < -0.3 is 15.2 Å². The minimum absolute atomic E-state index is 0.0715. The van der Waals surface area contributed by atoms with Gasteiger partial charge >= 0.3 is 6.18 Å². The number of amides is 1. The van der Waals surface area contributed by atoms with E-state index in [1.165, 1.54) is 30.5 Å². The molecule has 0 aliphatic carbocycles. The maximum Gasteiger partial charge on any atom is 0.422 e. The molecule has 2 aromatic rings. The molecule has 1 aromatic heterocycles. The molecule has 8 heteroatoms. The number of phenolic OH excluding ortho intramolecular Hbond substituents is 1. The largest absolute Gasteiger partial charge is 0.507 e. The Morgan fingerprint density at radius 1 is 1.33 bits per heavy atom. The molecule has 1 aromatic carbocycles. The third kappa shape index (κ3) is 4.87. The average molecular weight is 340 g/mol. The first-order valence-corrected chi connectivity index (χ1v) is 6.97. The fourth-order valence-electron chi connectivity index (χ4n) is 1.94. The Labute approximate surface area is 136 Å². The van der Waals surface area contributed by atoms with Gasteiger partial charge in [-0.15, -0.1) is 0 Å². The Balaban J connectivity index is 2.05. The summed E-state index contributed by atoms with van der Waals surface area (Å²) in [5.41, 5.74) is 1.16. The fraction of sp³-hybridized carbons (Fsp3) is 0.250. The molecule has 1 heterocycles. The summed E-state index contributed by atoms with van der Waals surface area (Å²) in [5, 5.41) is 12.3. The molecule has 0 radical (unpaired) electrons. The number of halogens is 3. The number of rotatable bonds is 5. The molecule has 1 amide bonds. The molecule has 0 aliphatic heterocycles. The number of aromatic hydroxyl groups is 1. The van der Waals surface area contributed by atoms with E-state index in [4.69, 9.17) is 0 Å². The van der Waals surface area contributed by atoms with Gasteiger partial charge in [0.15, 0.2) is 6.61 Å². The van der Waals surface area contributed by atoms with Crippen molar-refractivity contribution in [3.05, 3.63) is 53.2 Å². The van der Waals surface area contributed by atoms with Crippen LogP contribution in [-0.2, 0) is 6.54 Å². The van der Waals surface area contributed by atoms with E-state index in [9.17, 15) is 23.1 Å². The third-order valence-corrected chi connectivity index (χ3v) is 3.06. The molecule has 0 saturated heterocycles. The Morgan fingerprint density at radius 2 is 2.08 bits per heavy atom. The summed E-state index contributed by atoms with van der Waals surface area (Å²) in [5.74, 6) is -0.936. The average Bonchev–Trinajstić information content (AvgIpc) is 2.50. The zero-order chi connectivity index (χ0) is 17.7. The van der Waals surface area contributed by atoms with E-state index in [0.717, 1.165) is 5.56 Å². The lowest BCUT2D eigenvalue weighted by molar-refractivity contribution is -0.154. The maximum absolute atomic E-state index is 12.2. The predicted octanol–water partition coefficient (Wildman–Crippen LogP) is 2.97. The van der Waals surface area contributed by atoms with Gasteiger partial charge in [0.25, 0.3) is 5.91 Å². The van der Waals surface area contributed by atoms with Crippen molar-refractivity contribution in [2.45, 2.75) is 19.6 Å². The van der Waals surface area contributed by atoms with Crippen LogP contribution in [0, 0.1) is 6.92 Å². The van der Waals surface area contributed by atoms with Gasteiger partial charge in [-0.05, 0) is 30.7 Å². The molecule has 0 unspecified atom stereocenters. The first kappa shape index (κ1) is 17.6. The van der Waals surface area contributed by atoms with Crippen LogP contribution in [0.4, 0.5) is 13.2 Å². The van der Waals surface area contributed by atoms with Crippen LogP contribution in [0.5, 0.6) is 11.6 Å². The van der Waals surface area contributed by atoms with Gasteiger partial charge in [0.2, 0.25) is 5.88 Å². The molecular formula is C16H15F3N2O3. The highest BCUT2D eigenvalue weighted by Gasteiger charge is 2.29. The van der Waals surface area contributed by atoms with Crippen LogP contribution in [0.2, 0.25) is 0 Å². The molecular weight excluding hydrogens is 325 g/mol. The van der Waals surface area contributed by atoms with Crippen molar-refractivity contribution in [3.63, 3.8) is 0 Å². The van der Waals surface area contributed by atoms with E-state index in [1.54, 1.807) is 13.0 Å². The van der Waals surface area contributed by atoms with Crippen LogP contribution in [-0.4, -0.2) is 28.8 Å². The van der Waals surface area contributed by atoms with Crippen molar-refractivity contribution in [1.29, 1.82) is 0 Å². The monoisotopic (exact) mass is 340 g/mol. The summed E-state index contributed by atoms with van der Waals surface area (Å²) >= 11 is 0. The maximum atomic E-state index is 12.2. The van der Waals surface area contributed by atoms with E-state index in [1.807, 2.05) is 0 Å². The topological polar surface area (TPSA) is 71.5 Å². The number of carbonyl (C=O) groups is 1. The van der Waals surface area contributed by atoms with E-state index in [2.05, 4.69) is 15.0 Å². The lowest BCUT2D eigenvalue weighted by Crippen LogP contribution is -2.24. The van der Waals surface area contributed by atoms with Crippen molar-refractivity contribution in [2.24, 2.45) is 0 Å². The van der Waals surface area contributed by atoms with Crippen molar-refractivity contribution in [1.82, 2.24) is 10.3 Å². The van der Waals surface area contributed by atoms with Crippen LogP contribution >= 0.6 is 0 Å². The van der Waals surface area contributed by atoms with E-state index in [0.29, 0.717) is 5.56 Å². The highest BCUT2D eigenvalue weighted by molar-refractivity contribution is 5.96. The standard InChI is InChI=1S/C16H15F3N2O3/c1-10-4-5-12(13(22)7-10)14(23)21-8-11-3-2-6-20-15(11)24-9-16(17,18)19/h2-7,22H,8-9H2,1H3,(H,21,23). The van der Waals surface area contributed by atoms with Crippen molar-refractivity contribution in [3.8, 4) is 11.6 Å². The summed E-state index contributed by atoms with van der Waals surface area (Å²) < 4.78 is 41.3. The molecule has 5 nitrogen and oxygen atoms in total. The summed E-state index contributed by atoms with van der Waals surface area (Å²) in [6.07, 6.45) is -3.19. The Bertz CT molecular complexity index is 733. The van der Waals surface area contributed by atoms with Gasteiger partial charge in [-0.3, -0.25) is 4.79 Å². The molecule has 2 rings (SSSR count). The molecule has 0 aliphatic rings. The molecule has 2 N–H and O–H groups in total. The zero-order valence-corrected chi connectivity index (χ0v) is 12.7.